The van der Waals surface area contributed by atoms with Crippen LogP contribution in [0, 0.1) is 16.7 Å². The van der Waals surface area contributed by atoms with Crippen LogP contribution in [0.3, 0.4) is 0 Å². The van der Waals surface area contributed by atoms with Gasteiger partial charge in [-0.2, -0.15) is 5.90 Å². The monoisotopic (exact) mass is 418 g/mol. The van der Waals surface area contributed by atoms with Crippen LogP contribution < -0.4 is 16.4 Å². The first-order valence-corrected chi connectivity index (χ1v) is 11.0. The SMILES string of the molecule is CCCCCCC(N)(C(=O)Oc1ccccc1)C1(C)CC(C(=O)ON)CC(C)(C)C1. The smallest absolute Gasteiger partial charge is 0.332 e. The summed E-state index contributed by atoms with van der Waals surface area (Å²) in [4.78, 5) is 30.4. The third kappa shape index (κ3) is 5.61. The molecule has 6 nitrogen and oxygen atoms in total. The zero-order valence-corrected chi connectivity index (χ0v) is 18.9. The Morgan fingerprint density at radius 2 is 1.77 bits per heavy atom. The van der Waals surface area contributed by atoms with Crippen molar-refractivity contribution in [1.82, 2.24) is 0 Å². The number of esters is 1. The lowest BCUT2D eigenvalue weighted by Crippen LogP contribution is -2.64. The first kappa shape index (κ1) is 24.4. The number of para-hydroxylation sites is 1. The summed E-state index contributed by atoms with van der Waals surface area (Å²) in [5.74, 6) is 4.39. The molecule has 6 heteroatoms. The quantitative estimate of drug-likeness (QED) is 0.265. The van der Waals surface area contributed by atoms with Crippen LogP contribution in [0.2, 0.25) is 0 Å². The third-order valence-corrected chi connectivity index (χ3v) is 6.63. The first-order chi connectivity index (χ1) is 14.1. The van der Waals surface area contributed by atoms with E-state index in [0.29, 0.717) is 31.4 Å². The van der Waals surface area contributed by atoms with E-state index in [9.17, 15) is 9.59 Å². The van der Waals surface area contributed by atoms with Gasteiger partial charge in [-0.05, 0) is 48.6 Å². The number of benzene rings is 1. The molecule has 168 valence electrons. The van der Waals surface area contributed by atoms with Gasteiger partial charge in [-0.25, -0.2) is 4.79 Å². The van der Waals surface area contributed by atoms with Crippen LogP contribution in [0.15, 0.2) is 30.3 Å². The average molecular weight is 419 g/mol. The van der Waals surface area contributed by atoms with Gasteiger partial charge in [0.05, 0.1) is 5.92 Å². The maximum atomic E-state index is 13.5. The fraction of sp³-hybridized carbons (Fsp3) is 0.667. The summed E-state index contributed by atoms with van der Waals surface area (Å²) in [6.07, 6.45) is 6.34. The van der Waals surface area contributed by atoms with Crippen molar-refractivity contribution in [2.24, 2.45) is 28.4 Å². The molecule has 0 bridgehead atoms. The molecule has 1 aromatic rings. The van der Waals surface area contributed by atoms with Crippen molar-refractivity contribution in [3.63, 3.8) is 0 Å². The Kier molecular flexibility index (Phi) is 8.06. The van der Waals surface area contributed by atoms with Crippen LogP contribution >= 0.6 is 0 Å². The van der Waals surface area contributed by atoms with E-state index >= 15 is 0 Å². The lowest BCUT2D eigenvalue weighted by molar-refractivity contribution is -0.161. The van der Waals surface area contributed by atoms with Gasteiger partial charge in [0.2, 0.25) is 0 Å². The number of rotatable bonds is 9. The number of nitrogens with two attached hydrogens (primary N) is 2. The van der Waals surface area contributed by atoms with Gasteiger partial charge < -0.3 is 15.3 Å². The Balaban J connectivity index is 2.37. The molecule has 1 aromatic carbocycles. The number of carbonyl (C=O) groups excluding carboxylic acids is 2. The highest BCUT2D eigenvalue weighted by Crippen LogP contribution is 2.54. The molecule has 0 aromatic heterocycles. The Labute approximate surface area is 180 Å². The summed E-state index contributed by atoms with van der Waals surface area (Å²) < 4.78 is 5.74. The van der Waals surface area contributed by atoms with Crippen molar-refractivity contribution in [1.29, 1.82) is 0 Å². The van der Waals surface area contributed by atoms with Gasteiger partial charge in [0.25, 0.3) is 0 Å². The minimum Gasteiger partial charge on any atom is -0.425 e. The van der Waals surface area contributed by atoms with Gasteiger partial charge >= 0.3 is 11.9 Å². The molecule has 0 saturated heterocycles. The zero-order valence-electron chi connectivity index (χ0n) is 18.9. The molecule has 1 fully saturated rings. The summed E-state index contributed by atoms with van der Waals surface area (Å²) in [5.41, 5.74) is 4.91. The number of ether oxygens (including phenoxy) is 1. The second kappa shape index (κ2) is 9.92. The van der Waals surface area contributed by atoms with Crippen LogP contribution in [0.5, 0.6) is 5.75 Å². The highest BCUT2D eigenvalue weighted by molar-refractivity contribution is 5.84. The van der Waals surface area contributed by atoms with Crippen molar-refractivity contribution in [3.05, 3.63) is 30.3 Å². The van der Waals surface area contributed by atoms with Crippen LogP contribution in [0.1, 0.15) is 79.1 Å². The summed E-state index contributed by atoms with van der Waals surface area (Å²) in [5, 5.41) is 0. The summed E-state index contributed by atoms with van der Waals surface area (Å²) >= 11 is 0. The van der Waals surface area contributed by atoms with E-state index in [2.05, 4.69) is 25.6 Å². The maximum Gasteiger partial charge on any atom is 0.332 e. The topological polar surface area (TPSA) is 105 Å². The van der Waals surface area contributed by atoms with E-state index in [4.69, 9.17) is 16.4 Å². The normalized spacial score (nSPS) is 25.2. The molecule has 1 aliphatic rings. The number of hydrogen-bond donors (Lipinski definition) is 2. The molecule has 1 aliphatic carbocycles. The first-order valence-electron chi connectivity index (χ1n) is 11.0. The predicted octanol–water partition coefficient (Wildman–Crippen LogP) is 4.51. The average Bonchev–Trinajstić information content (AvgIpc) is 2.69. The van der Waals surface area contributed by atoms with Crippen molar-refractivity contribution < 1.29 is 19.2 Å². The van der Waals surface area contributed by atoms with Gasteiger partial charge in [-0.15, -0.1) is 0 Å². The van der Waals surface area contributed by atoms with E-state index < -0.39 is 28.8 Å². The van der Waals surface area contributed by atoms with Crippen molar-refractivity contribution >= 4 is 11.9 Å². The van der Waals surface area contributed by atoms with Gasteiger partial charge in [0.1, 0.15) is 11.3 Å². The highest BCUT2D eigenvalue weighted by atomic mass is 16.7. The summed E-state index contributed by atoms with van der Waals surface area (Å²) in [6, 6.07) is 9.00. The minimum absolute atomic E-state index is 0.188. The van der Waals surface area contributed by atoms with Gasteiger partial charge in [0.15, 0.2) is 0 Å². The fourth-order valence-electron chi connectivity index (χ4n) is 5.25. The molecular formula is C24H38N2O4. The van der Waals surface area contributed by atoms with E-state index in [0.717, 1.165) is 25.7 Å². The van der Waals surface area contributed by atoms with Gasteiger partial charge in [-0.1, -0.05) is 71.6 Å². The minimum atomic E-state index is -1.22. The lowest BCUT2D eigenvalue weighted by Gasteiger charge is -2.53. The molecule has 0 heterocycles. The zero-order chi connectivity index (χ0) is 22.4. The number of unbranched alkanes of at least 4 members (excludes halogenated alkanes) is 3. The van der Waals surface area contributed by atoms with Crippen LogP contribution in [-0.4, -0.2) is 17.5 Å². The molecule has 30 heavy (non-hydrogen) atoms. The highest BCUT2D eigenvalue weighted by Gasteiger charge is 2.57. The third-order valence-electron chi connectivity index (χ3n) is 6.63. The number of carbonyl (C=O) groups is 2. The van der Waals surface area contributed by atoms with Crippen molar-refractivity contribution in [3.8, 4) is 5.75 Å². The predicted molar refractivity (Wildman–Crippen MR) is 117 cm³/mol. The Hall–Kier alpha value is -1.92. The van der Waals surface area contributed by atoms with Gasteiger partial charge in [-0.3, -0.25) is 4.79 Å². The fourth-order valence-corrected chi connectivity index (χ4v) is 5.25. The summed E-state index contributed by atoms with van der Waals surface area (Å²) in [7, 11) is 0. The largest absolute Gasteiger partial charge is 0.425 e. The van der Waals surface area contributed by atoms with E-state index in [-0.39, 0.29) is 5.41 Å². The van der Waals surface area contributed by atoms with Crippen LogP contribution in [0.25, 0.3) is 0 Å². The second-order valence-corrected chi connectivity index (χ2v) is 9.93. The standard InChI is InChI=1S/C24H38N2O4/c1-5-6-7-11-14-24(25,21(28)29-19-12-9-8-10-13-19)23(4)16-18(20(27)30-26)15-22(2,3)17-23/h8-10,12-13,18H,5-7,11,14-17,25-26H2,1-4H3. The summed E-state index contributed by atoms with van der Waals surface area (Å²) in [6.45, 7) is 8.35. The van der Waals surface area contributed by atoms with E-state index in [1.807, 2.05) is 25.1 Å². The molecule has 3 unspecified atom stereocenters. The Morgan fingerprint density at radius 1 is 1.10 bits per heavy atom. The molecule has 0 radical (unpaired) electrons. The molecule has 4 N–H and O–H groups in total. The van der Waals surface area contributed by atoms with Crippen LogP contribution in [-0.2, 0) is 14.4 Å². The molecule has 0 spiro atoms. The molecule has 3 atom stereocenters. The van der Waals surface area contributed by atoms with Crippen LogP contribution in [0.4, 0.5) is 0 Å². The van der Waals surface area contributed by atoms with Crippen molar-refractivity contribution in [2.75, 3.05) is 0 Å². The van der Waals surface area contributed by atoms with Gasteiger partial charge in [0, 0.05) is 0 Å². The van der Waals surface area contributed by atoms with Crippen molar-refractivity contribution in [2.45, 2.75) is 84.6 Å². The molecule has 1 saturated carbocycles. The molecular weight excluding hydrogens is 380 g/mol. The number of hydrogen-bond acceptors (Lipinski definition) is 6. The van der Waals surface area contributed by atoms with E-state index in [1.165, 1.54) is 0 Å². The lowest BCUT2D eigenvalue weighted by atomic mass is 9.53. The molecule has 0 aliphatic heterocycles. The molecule has 0 amide bonds. The maximum absolute atomic E-state index is 13.5. The second-order valence-electron chi connectivity index (χ2n) is 9.93. The van der Waals surface area contributed by atoms with E-state index in [1.54, 1.807) is 12.1 Å². The Bertz CT molecular complexity index is 721. The molecule has 2 rings (SSSR count). The Morgan fingerprint density at radius 3 is 2.37 bits per heavy atom.